The Hall–Kier alpha value is -2.63. The van der Waals surface area contributed by atoms with Crippen molar-refractivity contribution in [3.05, 3.63) is 53.5 Å². The topological polar surface area (TPSA) is 55.4 Å². The maximum absolute atomic E-state index is 13.0. The third-order valence-corrected chi connectivity index (χ3v) is 5.02. The number of hydrogen-bond acceptors (Lipinski definition) is 3. The predicted molar refractivity (Wildman–Crippen MR) is 95.8 cm³/mol. The van der Waals surface area contributed by atoms with E-state index < -0.39 is 0 Å². The summed E-state index contributed by atoms with van der Waals surface area (Å²) in [5.41, 5.74) is 3.43. The van der Waals surface area contributed by atoms with E-state index in [0.29, 0.717) is 12.2 Å². The van der Waals surface area contributed by atoms with Gasteiger partial charge in [-0.25, -0.2) is 9.97 Å². The highest BCUT2D eigenvalue weighted by Crippen LogP contribution is 2.27. The number of nitrogens with zero attached hydrogens (tertiary/aromatic N) is 5. The molecule has 1 atom stereocenters. The summed E-state index contributed by atoms with van der Waals surface area (Å²) in [5.74, 6) is 1.37. The van der Waals surface area contributed by atoms with Gasteiger partial charge >= 0.3 is 0 Å². The quantitative estimate of drug-likeness (QED) is 0.722. The molecule has 130 valence electrons. The first kappa shape index (κ1) is 15.9. The zero-order valence-corrected chi connectivity index (χ0v) is 14.9. The first-order valence-electron chi connectivity index (χ1n) is 8.77. The Kier molecular flexibility index (Phi) is 3.82. The molecule has 3 aromatic heterocycles. The fourth-order valence-electron chi connectivity index (χ4n) is 3.80. The van der Waals surface area contributed by atoms with Gasteiger partial charge in [0, 0.05) is 44.1 Å². The van der Waals surface area contributed by atoms with Crippen LogP contribution in [0.1, 0.15) is 46.5 Å². The zero-order chi connectivity index (χ0) is 17.6. The van der Waals surface area contributed by atoms with Crippen molar-refractivity contribution in [3.8, 4) is 0 Å². The van der Waals surface area contributed by atoms with Crippen LogP contribution < -0.4 is 0 Å². The summed E-state index contributed by atoms with van der Waals surface area (Å²) in [6.07, 6.45) is 5.95. The van der Waals surface area contributed by atoms with Crippen LogP contribution in [0.3, 0.4) is 0 Å². The van der Waals surface area contributed by atoms with Crippen molar-refractivity contribution in [1.82, 2.24) is 23.8 Å². The van der Waals surface area contributed by atoms with E-state index in [-0.39, 0.29) is 11.8 Å². The third kappa shape index (κ3) is 2.81. The number of fused-ring (bicyclic) bond motifs is 1. The van der Waals surface area contributed by atoms with Crippen molar-refractivity contribution in [3.63, 3.8) is 0 Å². The minimum Gasteiger partial charge on any atom is -0.337 e. The Morgan fingerprint density at radius 2 is 2.04 bits per heavy atom. The van der Waals surface area contributed by atoms with Gasteiger partial charge in [0.15, 0.2) is 0 Å². The number of imidazole rings is 2. The Labute approximate surface area is 147 Å². The number of hydrogen-bond donors (Lipinski definition) is 0. The molecule has 25 heavy (non-hydrogen) atoms. The molecule has 0 bridgehead atoms. The number of carbonyl (C=O) groups excluding carboxylic acids is 1. The van der Waals surface area contributed by atoms with Crippen molar-refractivity contribution in [2.45, 2.75) is 32.6 Å². The van der Waals surface area contributed by atoms with E-state index in [2.05, 4.69) is 14.5 Å². The van der Waals surface area contributed by atoms with E-state index >= 15 is 0 Å². The zero-order valence-electron chi connectivity index (χ0n) is 14.9. The average molecular weight is 337 g/mol. The van der Waals surface area contributed by atoms with Crippen molar-refractivity contribution in [2.75, 3.05) is 13.1 Å². The lowest BCUT2D eigenvalue weighted by Gasteiger charge is -2.32. The number of rotatable bonds is 2. The van der Waals surface area contributed by atoms with E-state index in [1.807, 2.05) is 60.8 Å². The summed E-state index contributed by atoms with van der Waals surface area (Å²) in [4.78, 5) is 24.1. The number of carbonyl (C=O) groups is 1. The highest BCUT2D eigenvalue weighted by atomic mass is 16.2. The van der Waals surface area contributed by atoms with Gasteiger partial charge in [0.1, 0.15) is 17.2 Å². The lowest BCUT2D eigenvalue weighted by Crippen LogP contribution is -2.39. The van der Waals surface area contributed by atoms with Gasteiger partial charge in [-0.15, -0.1) is 0 Å². The van der Waals surface area contributed by atoms with Crippen LogP contribution in [0.4, 0.5) is 0 Å². The van der Waals surface area contributed by atoms with E-state index in [0.717, 1.165) is 42.2 Å². The highest BCUT2D eigenvalue weighted by molar-refractivity contribution is 5.93. The van der Waals surface area contributed by atoms with Crippen LogP contribution in [0.2, 0.25) is 0 Å². The number of pyridine rings is 1. The molecule has 3 aromatic rings. The van der Waals surface area contributed by atoms with Gasteiger partial charge < -0.3 is 13.9 Å². The summed E-state index contributed by atoms with van der Waals surface area (Å²) >= 11 is 0. The smallest absolute Gasteiger partial charge is 0.274 e. The lowest BCUT2D eigenvalue weighted by molar-refractivity contribution is 0.0698. The first-order chi connectivity index (χ1) is 12.0. The number of piperidine rings is 1. The summed E-state index contributed by atoms with van der Waals surface area (Å²) in [5, 5.41) is 0. The molecule has 0 radical (unpaired) electrons. The van der Waals surface area contributed by atoms with Gasteiger partial charge in [-0.05, 0) is 38.8 Å². The summed E-state index contributed by atoms with van der Waals surface area (Å²) < 4.78 is 4.05. The van der Waals surface area contributed by atoms with Crippen LogP contribution >= 0.6 is 0 Å². The number of likely N-dealkylation sites (tertiary alicyclic amines) is 1. The number of aryl methyl sites for hydroxylation is 3. The van der Waals surface area contributed by atoms with E-state index in [1.165, 1.54) is 0 Å². The Bertz CT molecular complexity index is 939. The van der Waals surface area contributed by atoms with Gasteiger partial charge in [-0.1, -0.05) is 6.07 Å². The Morgan fingerprint density at radius 3 is 2.76 bits per heavy atom. The minimum absolute atomic E-state index is 0.0127. The maximum Gasteiger partial charge on any atom is 0.274 e. The molecule has 1 aliphatic rings. The molecule has 6 nitrogen and oxygen atoms in total. The van der Waals surface area contributed by atoms with Crippen molar-refractivity contribution in [1.29, 1.82) is 0 Å². The van der Waals surface area contributed by atoms with E-state index in [9.17, 15) is 4.79 Å². The molecule has 0 N–H and O–H groups in total. The van der Waals surface area contributed by atoms with Crippen molar-refractivity contribution < 1.29 is 4.79 Å². The predicted octanol–water partition coefficient (Wildman–Crippen LogP) is 2.70. The molecule has 1 fully saturated rings. The molecule has 6 heteroatoms. The van der Waals surface area contributed by atoms with Crippen LogP contribution in [0.25, 0.3) is 5.65 Å². The molecular formula is C19H23N5O. The SMILES string of the molecule is Cc1cn(C)c([C@@H]2CCCN(C(=O)c3cn4c(C)cccc4n3)C2)n1. The van der Waals surface area contributed by atoms with Crippen LogP contribution in [0.5, 0.6) is 0 Å². The summed E-state index contributed by atoms with van der Waals surface area (Å²) in [6.45, 7) is 5.51. The molecule has 1 aliphatic heterocycles. The van der Waals surface area contributed by atoms with Crippen LogP contribution in [-0.4, -0.2) is 42.8 Å². The standard InChI is InChI=1S/C19H23N5O/c1-13-10-22(3)18(20-13)15-7-5-9-23(11-15)19(25)16-12-24-14(2)6-4-8-17(24)21-16/h4,6,8,10,12,15H,5,7,9,11H2,1-3H3/t15-/m1/s1. The fourth-order valence-corrected chi connectivity index (χ4v) is 3.80. The highest BCUT2D eigenvalue weighted by Gasteiger charge is 2.29. The Morgan fingerprint density at radius 1 is 1.20 bits per heavy atom. The normalized spacial score (nSPS) is 18.0. The molecule has 0 spiro atoms. The van der Waals surface area contributed by atoms with Crippen molar-refractivity contribution >= 4 is 11.6 Å². The van der Waals surface area contributed by atoms with Gasteiger partial charge in [-0.2, -0.15) is 0 Å². The molecule has 0 aliphatic carbocycles. The van der Waals surface area contributed by atoms with Crippen LogP contribution in [0, 0.1) is 13.8 Å². The lowest BCUT2D eigenvalue weighted by atomic mass is 9.97. The molecule has 0 saturated carbocycles. The van der Waals surface area contributed by atoms with Gasteiger partial charge in [-0.3, -0.25) is 4.79 Å². The molecule has 0 unspecified atom stereocenters. The number of amides is 1. The largest absolute Gasteiger partial charge is 0.337 e. The molecule has 0 aromatic carbocycles. The molecule has 4 heterocycles. The van der Waals surface area contributed by atoms with Crippen LogP contribution in [0.15, 0.2) is 30.6 Å². The minimum atomic E-state index is 0.0127. The molecule has 4 rings (SSSR count). The van der Waals surface area contributed by atoms with E-state index in [1.54, 1.807) is 0 Å². The monoisotopic (exact) mass is 337 g/mol. The third-order valence-electron chi connectivity index (χ3n) is 5.02. The van der Waals surface area contributed by atoms with Crippen molar-refractivity contribution in [2.24, 2.45) is 7.05 Å². The van der Waals surface area contributed by atoms with Gasteiger partial charge in [0.25, 0.3) is 5.91 Å². The van der Waals surface area contributed by atoms with Crippen LogP contribution in [-0.2, 0) is 7.05 Å². The fraction of sp³-hybridized carbons (Fsp3) is 0.421. The number of aromatic nitrogens is 4. The average Bonchev–Trinajstić information content (AvgIpc) is 3.18. The summed E-state index contributed by atoms with van der Waals surface area (Å²) in [6, 6.07) is 5.91. The molecular weight excluding hydrogens is 314 g/mol. The first-order valence-corrected chi connectivity index (χ1v) is 8.77. The second kappa shape index (κ2) is 6.02. The Balaban J connectivity index is 1.58. The van der Waals surface area contributed by atoms with Gasteiger partial charge in [0.05, 0.1) is 5.69 Å². The summed E-state index contributed by atoms with van der Waals surface area (Å²) in [7, 11) is 2.03. The maximum atomic E-state index is 13.0. The molecule has 1 amide bonds. The van der Waals surface area contributed by atoms with Gasteiger partial charge in [0.2, 0.25) is 0 Å². The second-order valence-electron chi connectivity index (χ2n) is 6.96. The molecule has 1 saturated heterocycles. The van der Waals surface area contributed by atoms with E-state index in [4.69, 9.17) is 0 Å². The second-order valence-corrected chi connectivity index (χ2v) is 6.96.